The van der Waals surface area contributed by atoms with Crippen LogP contribution in [0.5, 0.6) is 0 Å². The topological polar surface area (TPSA) is 3.24 Å². The van der Waals surface area contributed by atoms with Gasteiger partial charge < -0.3 is 0 Å². The maximum absolute atomic E-state index is 3.03. The van der Waals surface area contributed by atoms with E-state index in [1.165, 1.54) is 46.9 Å². The first-order valence-electron chi connectivity index (χ1n) is 13.3. The van der Waals surface area contributed by atoms with Crippen LogP contribution in [0.15, 0.2) is 121 Å². The molecule has 0 heterocycles. The van der Waals surface area contributed by atoms with Crippen molar-refractivity contribution in [2.45, 2.75) is 45.6 Å². The van der Waals surface area contributed by atoms with Gasteiger partial charge in [0.15, 0.2) is 0 Å². The Morgan fingerprint density at radius 3 is 1.19 bits per heavy atom. The molecule has 0 spiro atoms. The highest BCUT2D eigenvalue weighted by Gasteiger charge is 2.41. The van der Waals surface area contributed by atoms with Crippen LogP contribution in [0.4, 0.5) is 0 Å². The van der Waals surface area contributed by atoms with Crippen molar-refractivity contribution in [3.8, 4) is 0 Å². The highest BCUT2D eigenvalue weighted by Crippen LogP contribution is 2.59. The summed E-state index contributed by atoms with van der Waals surface area (Å²) >= 11 is 0. The molecule has 1 fully saturated rings. The van der Waals surface area contributed by atoms with Gasteiger partial charge in [-0.25, -0.2) is 4.44 Å². The van der Waals surface area contributed by atoms with Crippen LogP contribution in [0, 0.1) is 11.8 Å². The minimum atomic E-state index is -0.713. The molecule has 184 valence electrons. The van der Waals surface area contributed by atoms with Gasteiger partial charge in [-0.15, -0.1) is 0 Å². The quantitative estimate of drug-likeness (QED) is 0.221. The smallest absolute Gasteiger partial charge is 0.0325 e. The van der Waals surface area contributed by atoms with E-state index in [1.807, 2.05) is 0 Å². The zero-order valence-corrected chi connectivity index (χ0v) is 23.2. The van der Waals surface area contributed by atoms with Gasteiger partial charge in [0.05, 0.1) is 0 Å². The molecule has 36 heavy (non-hydrogen) atoms. The van der Waals surface area contributed by atoms with Gasteiger partial charge in [-0.3, -0.25) is 0 Å². The molecule has 1 aliphatic carbocycles. The summed E-state index contributed by atoms with van der Waals surface area (Å²) in [6, 6.07) is 45.9. The van der Waals surface area contributed by atoms with Crippen LogP contribution in [-0.2, 0) is 0 Å². The zero-order chi connectivity index (χ0) is 24.7. The number of benzene rings is 4. The fourth-order valence-electron chi connectivity index (χ4n) is 5.64. The summed E-state index contributed by atoms with van der Waals surface area (Å²) in [6.45, 7) is 4.89. The molecule has 0 saturated heterocycles. The van der Waals surface area contributed by atoms with Gasteiger partial charge in [0, 0.05) is 22.2 Å². The first-order chi connectivity index (χ1) is 17.7. The Bertz CT molecular complexity index is 1020. The van der Waals surface area contributed by atoms with E-state index in [0.717, 1.165) is 0 Å². The third-order valence-electron chi connectivity index (χ3n) is 7.35. The van der Waals surface area contributed by atoms with Crippen LogP contribution in [-0.4, -0.2) is 10.5 Å². The second-order valence-electron chi connectivity index (χ2n) is 10.0. The van der Waals surface area contributed by atoms with Crippen LogP contribution >= 0.6 is 16.1 Å². The Hall–Kier alpha value is -2.30. The summed E-state index contributed by atoms with van der Waals surface area (Å²) in [5, 5.41) is 5.80. The second kappa shape index (κ2) is 12.3. The minimum Gasteiger partial charge on any atom is -0.241 e. The Balaban J connectivity index is 1.77. The lowest BCUT2D eigenvalue weighted by molar-refractivity contribution is 0.191. The van der Waals surface area contributed by atoms with Gasteiger partial charge in [-0.1, -0.05) is 148 Å². The molecule has 2 atom stereocenters. The SMILES string of the molecule is CC(C)[C@H]1CCCC[C@@H]1N(P(c1ccccc1)c1ccccc1)P(c1ccccc1)c1ccccc1. The molecule has 0 radical (unpaired) electrons. The molecule has 1 nitrogen and oxygen atoms in total. The summed E-state index contributed by atoms with van der Waals surface area (Å²) in [4.78, 5) is 0. The molecule has 1 aliphatic rings. The molecule has 0 amide bonds. The highest BCUT2D eigenvalue weighted by atomic mass is 31.2. The first-order valence-corrected chi connectivity index (χ1v) is 15.9. The standard InChI is InChI=1S/C33H37NP2/c1-27(2)32-25-15-16-26-33(32)34(35(28-17-7-3-8-18-28)29-19-9-4-10-20-29)36(30-21-11-5-12-22-30)31-23-13-6-14-24-31/h3-14,17-24,27,32-33H,15-16,25-26H2,1-2H3/t32-,33+/m1/s1. The maximum Gasteiger partial charge on any atom is 0.0325 e. The predicted octanol–water partition coefficient (Wildman–Crippen LogP) is 7.60. The molecule has 0 aromatic heterocycles. The molecule has 0 bridgehead atoms. The lowest BCUT2D eigenvalue weighted by Gasteiger charge is -2.49. The van der Waals surface area contributed by atoms with Crippen molar-refractivity contribution in [1.29, 1.82) is 0 Å². The fraction of sp³-hybridized carbons (Fsp3) is 0.273. The van der Waals surface area contributed by atoms with E-state index in [2.05, 4.69) is 140 Å². The maximum atomic E-state index is 3.03. The first kappa shape index (κ1) is 25.4. The normalized spacial score (nSPS) is 18.3. The number of hydrogen-bond donors (Lipinski definition) is 0. The highest BCUT2D eigenvalue weighted by molar-refractivity contribution is 7.84. The summed E-state index contributed by atoms with van der Waals surface area (Å²) in [7, 11) is -1.43. The number of rotatable bonds is 8. The van der Waals surface area contributed by atoms with Gasteiger partial charge in [-0.05, 0) is 45.9 Å². The van der Waals surface area contributed by atoms with Crippen molar-refractivity contribution < 1.29 is 0 Å². The van der Waals surface area contributed by atoms with Crippen molar-refractivity contribution in [2.24, 2.45) is 11.8 Å². The minimum absolute atomic E-state index is 0.553. The van der Waals surface area contributed by atoms with Crippen molar-refractivity contribution >= 4 is 37.4 Å². The second-order valence-corrected chi connectivity index (χ2v) is 14.5. The number of hydrogen-bond acceptors (Lipinski definition) is 1. The van der Waals surface area contributed by atoms with Crippen LogP contribution in [0.3, 0.4) is 0 Å². The molecule has 0 aliphatic heterocycles. The lowest BCUT2D eigenvalue weighted by Crippen LogP contribution is -2.45. The molecule has 4 aromatic rings. The van der Waals surface area contributed by atoms with Crippen molar-refractivity contribution in [3.63, 3.8) is 0 Å². The molecular weight excluding hydrogens is 472 g/mol. The molecule has 3 heteroatoms. The van der Waals surface area contributed by atoms with E-state index in [1.54, 1.807) is 0 Å². The van der Waals surface area contributed by atoms with E-state index in [9.17, 15) is 0 Å². The van der Waals surface area contributed by atoms with E-state index < -0.39 is 16.1 Å². The predicted molar refractivity (Wildman–Crippen MR) is 161 cm³/mol. The van der Waals surface area contributed by atoms with Gasteiger partial charge >= 0.3 is 0 Å². The Labute approximate surface area is 220 Å². The summed E-state index contributed by atoms with van der Waals surface area (Å²) in [5.74, 6) is 1.37. The average molecular weight is 510 g/mol. The third kappa shape index (κ3) is 5.65. The van der Waals surface area contributed by atoms with Gasteiger partial charge in [0.1, 0.15) is 0 Å². The Morgan fingerprint density at radius 1 is 0.528 bits per heavy atom. The van der Waals surface area contributed by atoms with Gasteiger partial charge in [-0.2, -0.15) is 0 Å². The van der Waals surface area contributed by atoms with Crippen LogP contribution in [0.25, 0.3) is 0 Å². The number of nitrogens with zero attached hydrogens (tertiary/aromatic N) is 1. The summed E-state index contributed by atoms with van der Waals surface area (Å²) < 4.78 is 3.03. The van der Waals surface area contributed by atoms with Crippen molar-refractivity contribution in [3.05, 3.63) is 121 Å². The van der Waals surface area contributed by atoms with Crippen LogP contribution < -0.4 is 21.2 Å². The van der Waals surface area contributed by atoms with Crippen molar-refractivity contribution in [2.75, 3.05) is 0 Å². The molecule has 0 unspecified atom stereocenters. The van der Waals surface area contributed by atoms with Gasteiger partial charge in [0.25, 0.3) is 0 Å². The Morgan fingerprint density at radius 2 is 0.861 bits per heavy atom. The molecule has 5 rings (SSSR count). The van der Waals surface area contributed by atoms with E-state index in [0.29, 0.717) is 17.9 Å². The fourth-order valence-corrected chi connectivity index (χ4v) is 12.1. The van der Waals surface area contributed by atoms with Crippen LogP contribution in [0.1, 0.15) is 39.5 Å². The van der Waals surface area contributed by atoms with E-state index >= 15 is 0 Å². The summed E-state index contributed by atoms with van der Waals surface area (Å²) in [6.07, 6.45) is 5.29. The molecular formula is C33H37NP2. The largest absolute Gasteiger partial charge is 0.241 e. The monoisotopic (exact) mass is 509 g/mol. The molecule has 4 aromatic carbocycles. The average Bonchev–Trinajstić information content (AvgIpc) is 2.95. The Kier molecular flexibility index (Phi) is 8.66. The molecule has 0 N–H and O–H groups in total. The van der Waals surface area contributed by atoms with Crippen molar-refractivity contribution in [1.82, 2.24) is 4.44 Å². The molecule has 1 saturated carbocycles. The van der Waals surface area contributed by atoms with E-state index in [4.69, 9.17) is 0 Å². The van der Waals surface area contributed by atoms with Crippen LogP contribution in [0.2, 0.25) is 0 Å². The third-order valence-corrected chi connectivity index (χ3v) is 13.0. The summed E-state index contributed by atoms with van der Waals surface area (Å²) in [5.41, 5.74) is 0. The van der Waals surface area contributed by atoms with Gasteiger partial charge in [0.2, 0.25) is 0 Å². The van der Waals surface area contributed by atoms with E-state index in [-0.39, 0.29) is 0 Å². The zero-order valence-electron chi connectivity index (χ0n) is 21.4. The lowest BCUT2D eigenvalue weighted by atomic mass is 9.78.